The maximum Gasteiger partial charge on any atom is 0.305 e. The highest BCUT2D eigenvalue weighted by Crippen LogP contribution is 2.12. The van der Waals surface area contributed by atoms with Crippen molar-refractivity contribution in [2.24, 2.45) is 0 Å². The summed E-state index contributed by atoms with van der Waals surface area (Å²) in [5.41, 5.74) is 0. The summed E-state index contributed by atoms with van der Waals surface area (Å²) in [5, 5.41) is 10.7. The Balaban J connectivity index is 2.43. The molecule has 1 rings (SSSR count). The van der Waals surface area contributed by atoms with Crippen molar-refractivity contribution in [1.29, 1.82) is 0 Å². The standard InChI is InChI=1S/C12H15FN2O5S/c13-9-3-1-2-4-10(9)21(19,20)15-8-5-11(16)14-7-6-12(17)18/h1-4,15H,5-8H2,(H,14,16)(H,17,18). The van der Waals surface area contributed by atoms with Crippen LogP contribution in [-0.2, 0) is 19.6 Å². The minimum Gasteiger partial charge on any atom is -0.481 e. The SMILES string of the molecule is O=C(O)CCNC(=O)CCNS(=O)(=O)c1ccccc1F. The average molecular weight is 318 g/mol. The van der Waals surface area contributed by atoms with Gasteiger partial charge in [0.2, 0.25) is 15.9 Å². The highest BCUT2D eigenvalue weighted by molar-refractivity contribution is 7.89. The van der Waals surface area contributed by atoms with E-state index in [-0.39, 0.29) is 25.9 Å². The summed E-state index contributed by atoms with van der Waals surface area (Å²) in [4.78, 5) is 21.0. The molecule has 0 aliphatic carbocycles. The predicted molar refractivity (Wildman–Crippen MR) is 71.5 cm³/mol. The van der Waals surface area contributed by atoms with Gasteiger partial charge in [-0.25, -0.2) is 17.5 Å². The van der Waals surface area contributed by atoms with E-state index < -0.39 is 32.6 Å². The maximum absolute atomic E-state index is 13.4. The Morgan fingerprint density at radius 3 is 2.43 bits per heavy atom. The molecule has 0 bridgehead atoms. The van der Waals surface area contributed by atoms with Crippen LogP contribution in [0.15, 0.2) is 29.2 Å². The number of halogens is 1. The molecule has 0 atom stereocenters. The number of hydrogen-bond acceptors (Lipinski definition) is 4. The molecule has 0 radical (unpaired) electrons. The summed E-state index contributed by atoms with van der Waals surface area (Å²) in [6.07, 6.45) is -0.389. The highest BCUT2D eigenvalue weighted by atomic mass is 32.2. The van der Waals surface area contributed by atoms with Gasteiger partial charge in [-0.1, -0.05) is 12.1 Å². The smallest absolute Gasteiger partial charge is 0.305 e. The number of carboxylic acid groups (broad SMARTS) is 1. The zero-order chi connectivity index (χ0) is 15.9. The van der Waals surface area contributed by atoms with Crippen LogP contribution in [0.25, 0.3) is 0 Å². The molecule has 0 unspecified atom stereocenters. The first-order valence-electron chi connectivity index (χ1n) is 6.05. The number of carboxylic acids is 1. The number of aliphatic carboxylic acids is 1. The molecule has 116 valence electrons. The number of carbonyl (C=O) groups excluding carboxylic acids is 1. The van der Waals surface area contributed by atoms with E-state index in [2.05, 4.69) is 10.0 Å². The third kappa shape index (κ3) is 5.88. The second kappa shape index (κ2) is 7.70. The van der Waals surface area contributed by atoms with Crippen molar-refractivity contribution in [2.45, 2.75) is 17.7 Å². The molecule has 1 amide bonds. The van der Waals surface area contributed by atoms with E-state index in [0.717, 1.165) is 12.1 Å². The van der Waals surface area contributed by atoms with E-state index in [1.165, 1.54) is 12.1 Å². The van der Waals surface area contributed by atoms with Gasteiger partial charge < -0.3 is 10.4 Å². The molecule has 7 nitrogen and oxygen atoms in total. The summed E-state index contributed by atoms with van der Waals surface area (Å²) >= 11 is 0. The van der Waals surface area contributed by atoms with Gasteiger partial charge in [-0.3, -0.25) is 9.59 Å². The fourth-order valence-electron chi connectivity index (χ4n) is 1.44. The number of rotatable bonds is 8. The molecule has 0 saturated carbocycles. The van der Waals surface area contributed by atoms with Gasteiger partial charge in [0.25, 0.3) is 0 Å². The second-order valence-corrected chi connectivity index (χ2v) is 5.81. The monoisotopic (exact) mass is 318 g/mol. The van der Waals surface area contributed by atoms with E-state index in [0.29, 0.717) is 0 Å². The van der Waals surface area contributed by atoms with Crippen LogP contribution in [0.4, 0.5) is 4.39 Å². The van der Waals surface area contributed by atoms with Crippen molar-refractivity contribution in [3.63, 3.8) is 0 Å². The molecule has 0 aliphatic heterocycles. The quantitative estimate of drug-likeness (QED) is 0.628. The lowest BCUT2D eigenvalue weighted by molar-refractivity contribution is -0.136. The van der Waals surface area contributed by atoms with E-state index in [1.807, 2.05) is 0 Å². The second-order valence-electron chi connectivity index (χ2n) is 4.07. The Morgan fingerprint density at radius 2 is 1.81 bits per heavy atom. The fourth-order valence-corrected chi connectivity index (χ4v) is 2.55. The fraction of sp³-hybridized carbons (Fsp3) is 0.333. The van der Waals surface area contributed by atoms with Crippen molar-refractivity contribution in [3.05, 3.63) is 30.1 Å². The Morgan fingerprint density at radius 1 is 1.14 bits per heavy atom. The van der Waals surface area contributed by atoms with E-state index >= 15 is 0 Å². The lowest BCUT2D eigenvalue weighted by atomic mass is 10.3. The summed E-state index contributed by atoms with van der Waals surface area (Å²) in [5.74, 6) is -2.42. The van der Waals surface area contributed by atoms with Crippen molar-refractivity contribution >= 4 is 21.9 Å². The van der Waals surface area contributed by atoms with Crippen LogP contribution in [0.2, 0.25) is 0 Å². The predicted octanol–water partition coefficient (Wildman–Crippen LogP) is 0.0850. The minimum absolute atomic E-state index is 0.0335. The number of benzene rings is 1. The van der Waals surface area contributed by atoms with Crippen LogP contribution in [0.3, 0.4) is 0 Å². The van der Waals surface area contributed by atoms with Crippen molar-refractivity contribution in [3.8, 4) is 0 Å². The molecular weight excluding hydrogens is 303 g/mol. The highest BCUT2D eigenvalue weighted by Gasteiger charge is 2.18. The van der Waals surface area contributed by atoms with Crippen molar-refractivity contribution in [2.75, 3.05) is 13.1 Å². The van der Waals surface area contributed by atoms with Gasteiger partial charge in [-0.2, -0.15) is 0 Å². The molecule has 0 aromatic heterocycles. The van der Waals surface area contributed by atoms with Crippen molar-refractivity contribution in [1.82, 2.24) is 10.0 Å². The van der Waals surface area contributed by atoms with Gasteiger partial charge in [-0.05, 0) is 12.1 Å². The number of nitrogens with one attached hydrogen (secondary N) is 2. The molecule has 21 heavy (non-hydrogen) atoms. The third-order valence-electron chi connectivity index (χ3n) is 2.43. The molecule has 0 fully saturated rings. The molecule has 1 aromatic rings. The van der Waals surface area contributed by atoms with E-state index in [1.54, 1.807) is 0 Å². The van der Waals surface area contributed by atoms with Crippen LogP contribution in [0.5, 0.6) is 0 Å². The number of hydrogen-bond donors (Lipinski definition) is 3. The molecule has 1 aromatic carbocycles. The van der Waals surface area contributed by atoms with Crippen LogP contribution in [0, 0.1) is 5.82 Å². The van der Waals surface area contributed by atoms with Gasteiger partial charge in [0.15, 0.2) is 0 Å². The summed E-state index contributed by atoms with van der Waals surface area (Å²) in [7, 11) is -4.02. The molecule has 3 N–H and O–H groups in total. The topological polar surface area (TPSA) is 113 Å². The summed E-state index contributed by atoms with van der Waals surface area (Å²) < 4.78 is 39.0. The van der Waals surface area contributed by atoms with Crippen molar-refractivity contribution < 1.29 is 27.5 Å². The molecular formula is C12H15FN2O5S. The molecule has 9 heteroatoms. The molecule has 0 aliphatic rings. The Hall–Kier alpha value is -2.00. The third-order valence-corrected chi connectivity index (χ3v) is 3.93. The number of sulfonamides is 1. The molecule has 0 spiro atoms. The van der Waals surface area contributed by atoms with Gasteiger partial charge in [-0.15, -0.1) is 0 Å². The Kier molecular flexibility index (Phi) is 6.25. The lowest BCUT2D eigenvalue weighted by Gasteiger charge is -2.07. The Bertz CT molecular complexity index is 618. The molecule has 0 heterocycles. The van der Waals surface area contributed by atoms with Gasteiger partial charge >= 0.3 is 5.97 Å². The summed E-state index contributed by atoms with van der Waals surface area (Å²) in [6, 6.07) is 4.89. The maximum atomic E-state index is 13.4. The number of carbonyl (C=O) groups is 2. The van der Waals surface area contributed by atoms with Crippen LogP contribution < -0.4 is 10.0 Å². The van der Waals surface area contributed by atoms with E-state index in [4.69, 9.17) is 5.11 Å². The summed E-state index contributed by atoms with van der Waals surface area (Å²) in [6.45, 7) is -0.246. The van der Waals surface area contributed by atoms with Gasteiger partial charge in [0.1, 0.15) is 10.7 Å². The van der Waals surface area contributed by atoms with Gasteiger partial charge in [0, 0.05) is 19.5 Å². The van der Waals surface area contributed by atoms with Crippen LogP contribution in [0.1, 0.15) is 12.8 Å². The minimum atomic E-state index is -4.02. The van der Waals surface area contributed by atoms with Gasteiger partial charge in [0.05, 0.1) is 6.42 Å². The first kappa shape index (κ1) is 17.1. The zero-order valence-electron chi connectivity index (χ0n) is 11.0. The Labute approximate surface area is 121 Å². The normalized spacial score (nSPS) is 11.1. The molecule has 0 saturated heterocycles. The zero-order valence-corrected chi connectivity index (χ0v) is 11.8. The number of amides is 1. The first-order chi connectivity index (χ1) is 9.83. The first-order valence-corrected chi connectivity index (χ1v) is 7.54. The lowest BCUT2D eigenvalue weighted by Crippen LogP contribution is -2.32. The van der Waals surface area contributed by atoms with Crippen LogP contribution in [-0.4, -0.2) is 38.5 Å². The van der Waals surface area contributed by atoms with E-state index in [9.17, 15) is 22.4 Å². The largest absolute Gasteiger partial charge is 0.481 e. The average Bonchev–Trinajstić information content (AvgIpc) is 2.38. The van der Waals surface area contributed by atoms with Crippen LogP contribution >= 0.6 is 0 Å².